The molecule has 0 amide bonds. The molecule has 2 aliphatic carbocycles. The SMILES string of the molecule is O=C([O-])C1=CCCCC1.O=C([O-])C1=CCCCC1.[Hg+2]. The molecule has 0 spiro atoms. The number of allylic oxidation sites excluding steroid dienone is 2. The van der Waals surface area contributed by atoms with Gasteiger partial charge in [-0.05, 0) is 62.5 Å². The van der Waals surface area contributed by atoms with Crippen LogP contribution in [0.2, 0.25) is 0 Å². The quantitative estimate of drug-likeness (QED) is 0.573. The second-order valence-corrected chi connectivity index (χ2v) is 4.53. The van der Waals surface area contributed by atoms with Crippen molar-refractivity contribution in [2.75, 3.05) is 0 Å². The van der Waals surface area contributed by atoms with Crippen molar-refractivity contribution < 1.29 is 47.5 Å². The van der Waals surface area contributed by atoms with Gasteiger partial charge in [0, 0.05) is 0 Å². The van der Waals surface area contributed by atoms with E-state index in [0.29, 0.717) is 24.0 Å². The van der Waals surface area contributed by atoms with Gasteiger partial charge in [-0.15, -0.1) is 0 Å². The van der Waals surface area contributed by atoms with Gasteiger partial charge in [-0.1, -0.05) is 12.2 Å². The van der Waals surface area contributed by atoms with Crippen LogP contribution in [0, 0.1) is 0 Å². The van der Waals surface area contributed by atoms with E-state index >= 15 is 0 Å². The molecule has 2 rings (SSSR count). The maximum atomic E-state index is 10.2. The summed E-state index contributed by atoms with van der Waals surface area (Å²) in [6.07, 6.45) is 11.0. The fourth-order valence-electron chi connectivity index (χ4n) is 2.05. The summed E-state index contributed by atoms with van der Waals surface area (Å²) >= 11 is 0. The zero-order valence-corrected chi connectivity index (χ0v) is 16.6. The summed E-state index contributed by atoms with van der Waals surface area (Å²) in [5.74, 6) is -1.98. The number of hydrogen-bond acceptors (Lipinski definition) is 4. The van der Waals surface area contributed by atoms with Crippen LogP contribution in [0.1, 0.15) is 51.4 Å². The molecule has 0 fully saturated rings. The van der Waals surface area contributed by atoms with Crippen LogP contribution in [-0.4, -0.2) is 11.9 Å². The van der Waals surface area contributed by atoms with Crippen molar-refractivity contribution >= 4 is 11.9 Å². The molecule has 4 nitrogen and oxygen atoms in total. The molecule has 5 heteroatoms. The van der Waals surface area contributed by atoms with Crippen LogP contribution < -0.4 is 10.2 Å². The van der Waals surface area contributed by atoms with Crippen LogP contribution in [-0.2, 0) is 37.3 Å². The molecule has 19 heavy (non-hydrogen) atoms. The molecule has 0 unspecified atom stereocenters. The summed E-state index contributed by atoms with van der Waals surface area (Å²) in [6.45, 7) is 0. The van der Waals surface area contributed by atoms with Crippen LogP contribution in [0.15, 0.2) is 23.3 Å². The topological polar surface area (TPSA) is 80.3 Å². The maximum Gasteiger partial charge on any atom is 2.00 e. The Balaban J connectivity index is 0.000000324. The number of carboxylic acid groups (broad SMARTS) is 2. The number of rotatable bonds is 2. The summed E-state index contributed by atoms with van der Waals surface area (Å²) in [5, 5.41) is 20.3. The Morgan fingerprint density at radius 3 is 1.32 bits per heavy atom. The van der Waals surface area contributed by atoms with Gasteiger partial charge >= 0.3 is 27.7 Å². The first-order valence-electron chi connectivity index (χ1n) is 6.42. The van der Waals surface area contributed by atoms with Gasteiger partial charge in [0.25, 0.3) is 0 Å². The van der Waals surface area contributed by atoms with Crippen molar-refractivity contribution in [1.82, 2.24) is 0 Å². The maximum absolute atomic E-state index is 10.2. The van der Waals surface area contributed by atoms with Crippen molar-refractivity contribution in [1.29, 1.82) is 0 Å². The Morgan fingerprint density at radius 1 is 0.789 bits per heavy atom. The Morgan fingerprint density at radius 2 is 1.16 bits per heavy atom. The first-order chi connectivity index (χ1) is 8.61. The molecule has 0 heterocycles. The van der Waals surface area contributed by atoms with E-state index in [-0.39, 0.29) is 27.7 Å². The summed E-state index contributed by atoms with van der Waals surface area (Å²) in [4.78, 5) is 20.3. The molecule has 0 N–H and O–H groups in total. The molecular formula is C14H18HgO4. The van der Waals surface area contributed by atoms with Crippen molar-refractivity contribution in [2.24, 2.45) is 0 Å². The first kappa shape index (κ1) is 18.4. The number of carbonyl (C=O) groups is 2. The predicted octanol–water partition coefficient (Wildman–Crippen LogP) is 0.471. The van der Waals surface area contributed by atoms with Crippen molar-refractivity contribution in [3.8, 4) is 0 Å². The van der Waals surface area contributed by atoms with Gasteiger partial charge < -0.3 is 19.8 Å². The zero-order chi connectivity index (χ0) is 13.4. The number of carboxylic acids is 2. The smallest absolute Gasteiger partial charge is 0.545 e. The van der Waals surface area contributed by atoms with E-state index in [4.69, 9.17) is 0 Å². The molecule has 0 bridgehead atoms. The van der Waals surface area contributed by atoms with Gasteiger partial charge in [-0.3, -0.25) is 0 Å². The first-order valence-corrected chi connectivity index (χ1v) is 6.42. The van der Waals surface area contributed by atoms with Gasteiger partial charge in [0.2, 0.25) is 0 Å². The Hall–Kier alpha value is -0.645. The van der Waals surface area contributed by atoms with Gasteiger partial charge in [0.05, 0.1) is 11.9 Å². The number of hydrogen-bond donors (Lipinski definition) is 0. The Labute approximate surface area is 134 Å². The van der Waals surface area contributed by atoms with Crippen molar-refractivity contribution in [2.45, 2.75) is 51.4 Å². The molecule has 0 saturated carbocycles. The summed E-state index contributed by atoms with van der Waals surface area (Å²) in [6, 6.07) is 0. The molecule has 0 saturated heterocycles. The zero-order valence-electron chi connectivity index (χ0n) is 11.2. The van der Waals surface area contributed by atoms with Gasteiger partial charge in [-0.2, -0.15) is 0 Å². The normalized spacial score (nSPS) is 17.9. The molecule has 100 valence electrons. The van der Waals surface area contributed by atoms with Gasteiger partial charge in [0.15, 0.2) is 0 Å². The second-order valence-electron chi connectivity index (χ2n) is 4.53. The average Bonchev–Trinajstić information content (AvgIpc) is 2.41. The second kappa shape index (κ2) is 10.2. The molecular weight excluding hydrogens is 433 g/mol. The van der Waals surface area contributed by atoms with E-state index in [1.165, 1.54) is 0 Å². The largest absolute Gasteiger partial charge is 2.00 e. The van der Waals surface area contributed by atoms with Crippen LogP contribution in [0.4, 0.5) is 0 Å². The van der Waals surface area contributed by atoms with E-state index in [0.717, 1.165) is 38.5 Å². The van der Waals surface area contributed by atoms with E-state index < -0.39 is 11.9 Å². The minimum atomic E-state index is -0.991. The molecule has 0 radical (unpaired) electrons. The minimum Gasteiger partial charge on any atom is -0.545 e. The summed E-state index contributed by atoms with van der Waals surface area (Å²) < 4.78 is 0. The summed E-state index contributed by atoms with van der Waals surface area (Å²) in [7, 11) is 0. The van der Waals surface area contributed by atoms with E-state index in [1.807, 2.05) is 0 Å². The molecule has 0 atom stereocenters. The molecule has 0 aromatic carbocycles. The van der Waals surface area contributed by atoms with Crippen LogP contribution in [0.5, 0.6) is 0 Å². The monoisotopic (exact) mass is 452 g/mol. The predicted molar refractivity (Wildman–Crippen MR) is 63.1 cm³/mol. The third kappa shape index (κ3) is 7.50. The summed E-state index contributed by atoms with van der Waals surface area (Å²) in [5.41, 5.74) is 0.975. The Bertz CT molecular complexity index is 336. The van der Waals surface area contributed by atoms with Crippen LogP contribution in [0.25, 0.3) is 0 Å². The fraction of sp³-hybridized carbons (Fsp3) is 0.571. The standard InChI is InChI=1S/2C7H10O2.Hg/c2*8-7(9)6-4-2-1-3-5-6;/h2*4H,1-3,5H2,(H,8,9);/q;;+2/p-2. The third-order valence-electron chi connectivity index (χ3n) is 3.11. The van der Waals surface area contributed by atoms with Crippen molar-refractivity contribution in [3.05, 3.63) is 23.3 Å². The third-order valence-corrected chi connectivity index (χ3v) is 3.11. The van der Waals surface area contributed by atoms with E-state index in [2.05, 4.69) is 0 Å². The number of carbonyl (C=O) groups excluding carboxylic acids is 2. The van der Waals surface area contributed by atoms with E-state index in [1.54, 1.807) is 12.2 Å². The van der Waals surface area contributed by atoms with Gasteiger partial charge in [-0.25, -0.2) is 0 Å². The minimum absolute atomic E-state index is 0. The average molecular weight is 451 g/mol. The van der Waals surface area contributed by atoms with E-state index in [9.17, 15) is 19.8 Å². The van der Waals surface area contributed by atoms with Crippen molar-refractivity contribution in [3.63, 3.8) is 0 Å². The fourth-order valence-corrected chi connectivity index (χ4v) is 2.05. The molecule has 0 aromatic rings. The molecule has 2 aliphatic rings. The van der Waals surface area contributed by atoms with Crippen LogP contribution >= 0.6 is 0 Å². The van der Waals surface area contributed by atoms with Gasteiger partial charge in [0.1, 0.15) is 0 Å². The Kier molecular flexibility index (Phi) is 9.83. The van der Waals surface area contributed by atoms with Crippen LogP contribution in [0.3, 0.4) is 0 Å². The number of aliphatic carboxylic acids is 2. The molecule has 0 aromatic heterocycles. The molecule has 0 aliphatic heterocycles.